The third-order valence-corrected chi connectivity index (χ3v) is 2.33. The van der Waals surface area contributed by atoms with Gasteiger partial charge in [0.1, 0.15) is 18.9 Å². The van der Waals surface area contributed by atoms with Gasteiger partial charge in [-0.3, -0.25) is 4.79 Å². The van der Waals surface area contributed by atoms with Crippen molar-refractivity contribution in [3.63, 3.8) is 0 Å². The predicted molar refractivity (Wildman–Crippen MR) is 58.5 cm³/mol. The van der Waals surface area contributed by atoms with Crippen molar-refractivity contribution in [1.29, 1.82) is 10.5 Å². The number of alkyl halides is 3. The van der Waals surface area contributed by atoms with Gasteiger partial charge in [0.2, 0.25) is 0 Å². The summed E-state index contributed by atoms with van der Waals surface area (Å²) in [5, 5.41) is 17.0. The van der Waals surface area contributed by atoms with Gasteiger partial charge >= 0.3 is 6.18 Å². The highest BCUT2D eigenvalue weighted by atomic mass is 19.4. The van der Waals surface area contributed by atoms with Gasteiger partial charge in [-0.2, -0.15) is 23.7 Å². The van der Waals surface area contributed by atoms with E-state index in [4.69, 9.17) is 10.5 Å². The Labute approximate surface area is 111 Å². The first kappa shape index (κ1) is 15.4. The zero-order chi connectivity index (χ0) is 15.3. The van der Waals surface area contributed by atoms with Crippen molar-refractivity contribution in [2.24, 2.45) is 0 Å². The molecule has 0 saturated carbocycles. The van der Waals surface area contributed by atoms with E-state index in [0.717, 1.165) is 0 Å². The molecule has 1 amide bonds. The highest BCUT2D eigenvalue weighted by Gasteiger charge is 2.32. The van der Waals surface area contributed by atoms with Crippen LogP contribution in [-0.2, 0) is 6.18 Å². The number of rotatable bonds is 3. The molecule has 0 heterocycles. The van der Waals surface area contributed by atoms with Crippen LogP contribution in [0.4, 0.5) is 17.6 Å². The third kappa shape index (κ3) is 3.45. The maximum Gasteiger partial charge on any atom is 0.416 e. The molecule has 0 bridgehead atoms. The van der Waals surface area contributed by atoms with Gasteiger partial charge in [-0.25, -0.2) is 4.39 Å². The molecular formula is C12H7F4N3O. The Hall–Kier alpha value is -2.61. The van der Waals surface area contributed by atoms with Crippen molar-refractivity contribution in [2.75, 3.05) is 13.1 Å². The summed E-state index contributed by atoms with van der Waals surface area (Å²) in [4.78, 5) is 12.5. The van der Waals surface area contributed by atoms with Gasteiger partial charge in [0.25, 0.3) is 5.91 Å². The van der Waals surface area contributed by atoms with Gasteiger partial charge in [0.15, 0.2) is 0 Å². The van der Waals surface area contributed by atoms with Crippen LogP contribution in [0.5, 0.6) is 0 Å². The number of carbonyl (C=O) groups excluding carboxylic acids is 1. The Morgan fingerprint density at radius 3 is 2.20 bits per heavy atom. The van der Waals surface area contributed by atoms with Crippen LogP contribution in [0.2, 0.25) is 0 Å². The minimum Gasteiger partial charge on any atom is -0.312 e. The normalized spacial score (nSPS) is 10.5. The van der Waals surface area contributed by atoms with Crippen molar-refractivity contribution in [3.8, 4) is 12.1 Å². The van der Waals surface area contributed by atoms with Gasteiger partial charge in [0, 0.05) is 0 Å². The highest BCUT2D eigenvalue weighted by Crippen LogP contribution is 2.30. The average molecular weight is 285 g/mol. The lowest BCUT2D eigenvalue weighted by Gasteiger charge is -2.17. The van der Waals surface area contributed by atoms with Crippen molar-refractivity contribution >= 4 is 5.91 Å². The fraction of sp³-hybridized carbons (Fsp3) is 0.250. The summed E-state index contributed by atoms with van der Waals surface area (Å²) in [6, 6.07) is 4.54. The summed E-state index contributed by atoms with van der Waals surface area (Å²) in [5.41, 5.74) is -2.01. The zero-order valence-electron chi connectivity index (χ0n) is 9.91. The molecule has 0 aliphatic heterocycles. The van der Waals surface area contributed by atoms with Crippen LogP contribution >= 0.6 is 0 Å². The summed E-state index contributed by atoms with van der Waals surface area (Å²) in [6.07, 6.45) is -4.72. The third-order valence-electron chi connectivity index (χ3n) is 2.33. The molecule has 0 aromatic heterocycles. The first-order valence-electron chi connectivity index (χ1n) is 5.21. The Bertz CT molecular complexity index is 582. The molecule has 0 spiro atoms. The molecule has 1 rings (SSSR count). The van der Waals surface area contributed by atoms with Crippen LogP contribution in [0.25, 0.3) is 0 Å². The molecular weight excluding hydrogens is 278 g/mol. The van der Waals surface area contributed by atoms with E-state index in [0.29, 0.717) is 23.1 Å². The van der Waals surface area contributed by atoms with E-state index in [-0.39, 0.29) is 0 Å². The van der Waals surface area contributed by atoms with Crippen LogP contribution < -0.4 is 0 Å². The molecule has 104 valence electrons. The first-order chi connectivity index (χ1) is 9.31. The second-order valence-electron chi connectivity index (χ2n) is 3.67. The van der Waals surface area contributed by atoms with Crippen LogP contribution in [-0.4, -0.2) is 23.9 Å². The Kier molecular flexibility index (Phi) is 4.65. The fourth-order valence-corrected chi connectivity index (χ4v) is 1.41. The number of hydrogen-bond acceptors (Lipinski definition) is 3. The standard InChI is InChI=1S/C12H7F4N3O/c13-10-2-1-8(12(14,15)16)7-9(10)11(20)19(5-3-17)6-4-18/h1-2,7H,5-6H2. The Balaban J connectivity index is 3.21. The van der Waals surface area contributed by atoms with E-state index in [1.165, 1.54) is 0 Å². The molecule has 0 saturated heterocycles. The van der Waals surface area contributed by atoms with Crippen molar-refractivity contribution in [2.45, 2.75) is 6.18 Å². The largest absolute Gasteiger partial charge is 0.416 e. The van der Waals surface area contributed by atoms with Crippen LogP contribution in [0.15, 0.2) is 18.2 Å². The molecule has 0 unspecified atom stereocenters. The van der Waals surface area contributed by atoms with Crippen molar-refractivity contribution < 1.29 is 22.4 Å². The molecule has 0 fully saturated rings. The number of hydrogen-bond donors (Lipinski definition) is 0. The zero-order valence-corrected chi connectivity index (χ0v) is 9.91. The van der Waals surface area contributed by atoms with Crippen LogP contribution in [0, 0.1) is 28.5 Å². The lowest BCUT2D eigenvalue weighted by molar-refractivity contribution is -0.137. The minimum absolute atomic E-state index is 0.361. The van der Waals surface area contributed by atoms with Gasteiger partial charge in [0.05, 0.1) is 23.3 Å². The first-order valence-corrected chi connectivity index (χ1v) is 5.21. The van der Waals surface area contributed by atoms with Crippen LogP contribution in [0.1, 0.15) is 15.9 Å². The molecule has 0 aliphatic rings. The summed E-state index contributed by atoms with van der Waals surface area (Å²) in [7, 11) is 0. The quantitative estimate of drug-likeness (QED) is 0.632. The van der Waals surface area contributed by atoms with Crippen LogP contribution in [0.3, 0.4) is 0 Å². The number of nitriles is 2. The number of amides is 1. The molecule has 0 aliphatic carbocycles. The van der Waals surface area contributed by atoms with Crippen molar-refractivity contribution in [3.05, 3.63) is 35.1 Å². The summed E-state index contributed by atoms with van der Waals surface area (Å²) in [6.45, 7) is -1.05. The monoisotopic (exact) mass is 285 g/mol. The molecule has 8 heteroatoms. The number of carbonyl (C=O) groups is 1. The summed E-state index contributed by atoms with van der Waals surface area (Å²) >= 11 is 0. The summed E-state index contributed by atoms with van der Waals surface area (Å²) < 4.78 is 51.0. The predicted octanol–water partition coefficient (Wildman–Crippen LogP) is 2.33. The second-order valence-corrected chi connectivity index (χ2v) is 3.67. The lowest BCUT2D eigenvalue weighted by atomic mass is 10.1. The van der Waals surface area contributed by atoms with E-state index in [1.807, 2.05) is 0 Å². The molecule has 1 aromatic rings. The highest BCUT2D eigenvalue weighted by molar-refractivity contribution is 5.95. The smallest absolute Gasteiger partial charge is 0.312 e. The maximum absolute atomic E-state index is 13.5. The van der Waals surface area contributed by atoms with E-state index in [9.17, 15) is 22.4 Å². The van der Waals surface area contributed by atoms with E-state index in [1.54, 1.807) is 12.1 Å². The number of halogens is 4. The van der Waals surface area contributed by atoms with E-state index in [2.05, 4.69) is 0 Å². The average Bonchev–Trinajstić information content (AvgIpc) is 2.37. The van der Waals surface area contributed by atoms with Gasteiger partial charge in [-0.1, -0.05) is 0 Å². The van der Waals surface area contributed by atoms with E-state index < -0.39 is 42.1 Å². The SMILES string of the molecule is N#CCN(CC#N)C(=O)c1cc(C(F)(F)F)ccc1F. The van der Waals surface area contributed by atoms with Crippen molar-refractivity contribution in [1.82, 2.24) is 4.90 Å². The molecule has 4 nitrogen and oxygen atoms in total. The minimum atomic E-state index is -4.72. The Morgan fingerprint density at radius 1 is 1.20 bits per heavy atom. The molecule has 20 heavy (non-hydrogen) atoms. The lowest BCUT2D eigenvalue weighted by Crippen LogP contribution is -2.32. The van der Waals surface area contributed by atoms with Gasteiger partial charge < -0.3 is 4.90 Å². The number of nitrogens with zero attached hydrogens (tertiary/aromatic N) is 3. The topological polar surface area (TPSA) is 67.9 Å². The molecule has 0 atom stereocenters. The Morgan fingerprint density at radius 2 is 1.75 bits per heavy atom. The molecule has 1 aromatic carbocycles. The summed E-state index contributed by atoms with van der Waals surface area (Å²) in [5.74, 6) is -2.29. The number of benzene rings is 1. The maximum atomic E-state index is 13.5. The fourth-order valence-electron chi connectivity index (χ4n) is 1.41. The molecule has 0 N–H and O–H groups in total. The molecule has 0 radical (unpaired) electrons. The van der Waals surface area contributed by atoms with Gasteiger partial charge in [-0.15, -0.1) is 0 Å². The van der Waals surface area contributed by atoms with E-state index >= 15 is 0 Å². The van der Waals surface area contributed by atoms with Gasteiger partial charge in [-0.05, 0) is 18.2 Å². The second kappa shape index (κ2) is 6.02.